The van der Waals surface area contributed by atoms with Gasteiger partial charge in [0.05, 0.1) is 0 Å². The maximum absolute atomic E-state index is 13.9. The summed E-state index contributed by atoms with van der Waals surface area (Å²) in [6.45, 7) is 0.612. The molecule has 4 aromatic rings. The highest BCUT2D eigenvalue weighted by Gasteiger charge is 2.42. The van der Waals surface area contributed by atoms with Crippen LogP contribution in [0.4, 0.5) is 0 Å². The van der Waals surface area contributed by atoms with E-state index in [0.717, 1.165) is 22.5 Å². The molecule has 0 saturated carbocycles. The lowest BCUT2D eigenvalue weighted by molar-refractivity contribution is 0.0877. The van der Waals surface area contributed by atoms with Gasteiger partial charge in [0.2, 0.25) is 0 Å². The molecular formula is C29H24N2O. The van der Waals surface area contributed by atoms with Crippen LogP contribution in [0.3, 0.4) is 0 Å². The fraction of sp³-hybridized carbons (Fsp3) is 0.103. The Labute approximate surface area is 188 Å². The standard InChI is InChI=1S/C29H24N2O/c32-28(24-17-9-3-10-18-24)27-26(23-15-7-2-8-16-23)30-29(25-19-11-4-12-20-25)31(27)21-22-13-5-1-6-14-22/h1-20,26-27H,21H2/t26-,27+/m1/s1. The number of Topliss-reactive ketones (excluding diaryl/α,β-unsaturated/α-hetero) is 1. The van der Waals surface area contributed by atoms with Gasteiger partial charge in [0, 0.05) is 17.7 Å². The number of hydrogen-bond donors (Lipinski definition) is 0. The maximum atomic E-state index is 13.9. The number of benzene rings is 4. The molecular weight excluding hydrogens is 392 g/mol. The molecule has 0 spiro atoms. The van der Waals surface area contributed by atoms with Gasteiger partial charge in [0.1, 0.15) is 17.9 Å². The first-order valence-electron chi connectivity index (χ1n) is 10.9. The van der Waals surface area contributed by atoms with Gasteiger partial charge in [-0.2, -0.15) is 0 Å². The lowest BCUT2D eigenvalue weighted by Crippen LogP contribution is -2.43. The highest BCUT2D eigenvalue weighted by atomic mass is 16.1. The van der Waals surface area contributed by atoms with Gasteiger partial charge in [-0.3, -0.25) is 9.79 Å². The van der Waals surface area contributed by atoms with Gasteiger partial charge in [-0.25, -0.2) is 0 Å². The summed E-state index contributed by atoms with van der Waals surface area (Å²) in [7, 11) is 0. The number of ketones is 1. The molecule has 0 bridgehead atoms. The molecule has 0 unspecified atom stereocenters. The summed E-state index contributed by atoms with van der Waals surface area (Å²) in [5.41, 5.74) is 3.93. The molecule has 4 aromatic carbocycles. The normalized spacial score (nSPS) is 17.8. The Morgan fingerprint density at radius 1 is 0.688 bits per heavy atom. The summed E-state index contributed by atoms with van der Waals surface area (Å²) in [5, 5.41) is 0. The molecule has 5 rings (SSSR count). The molecule has 0 radical (unpaired) electrons. The van der Waals surface area contributed by atoms with Gasteiger partial charge in [-0.1, -0.05) is 121 Å². The van der Waals surface area contributed by atoms with Gasteiger partial charge in [-0.15, -0.1) is 0 Å². The third kappa shape index (κ3) is 3.97. The number of amidine groups is 1. The molecule has 0 N–H and O–H groups in total. The quantitative estimate of drug-likeness (QED) is 0.364. The zero-order chi connectivity index (χ0) is 21.8. The van der Waals surface area contributed by atoms with E-state index in [1.54, 1.807) is 0 Å². The SMILES string of the molecule is O=C(c1ccccc1)[C@@H]1[C@@H](c2ccccc2)N=C(c2ccccc2)N1Cc1ccccc1. The van der Waals surface area contributed by atoms with Crippen molar-refractivity contribution in [2.24, 2.45) is 4.99 Å². The molecule has 3 heteroatoms. The van der Waals surface area contributed by atoms with Crippen LogP contribution in [-0.4, -0.2) is 22.6 Å². The minimum atomic E-state index is -0.421. The highest BCUT2D eigenvalue weighted by molar-refractivity contribution is 6.08. The van der Waals surface area contributed by atoms with E-state index in [2.05, 4.69) is 41.3 Å². The number of aliphatic imine (C=N–C) groups is 1. The Kier molecular flexibility index (Phi) is 5.63. The molecule has 3 nitrogen and oxygen atoms in total. The predicted molar refractivity (Wildman–Crippen MR) is 129 cm³/mol. The van der Waals surface area contributed by atoms with E-state index in [9.17, 15) is 4.79 Å². The monoisotopic (exact) mass is 416 g/mol. The van der Waals surface area contributed by atoms with Gasteiger partial charge in [0.25, 0.3) is 0 Å². The topological polar surface area (TPSA) is 32.7 Å². The van der Waals surface area contributed by atoms with Gasteiger partial charge < -0.3 is 4.90 Å². The van der Waals surface area contributed by atoms with E-state index in [1.807, 2.05) is 84.9 Å². The second-order valence-electron chi connectivity index (χ2n) is 7.96. The average Bonchev–Trinajstić information content (AvgIpc) is 3.25. The van der Waals surface area contributed by atoms with E-state index in [4.69, 9.17) is 4.99 Å². The number of carbonyl (C=O) groups is 1. The summed E-state index contributed by atoms with van der Waals surface area (Å²) >= 11 is 0. The van der Waals surface area contributed by atoms with Gasteiger partial charge in [-0.05, 0) is 11.1 Å². The maximum Gasteiger partial charge on any atom is 0.187 e. The molecule has 156 valence electrons. The van der Waals surface area contributed by atoms with Crippen molar-refractivity contribution in [3.63, 3.8) is 0 Å². The van der Waals surface area contributed by atoms with Crippen LogP contribution in [0.15, 0.2) is 126 Å². The molecule has 0 aliphatic carbocycles. The Bertz CT molecular complexity index is 1210. The van der Waals surface area contributed by atoms with E-state index < -0.39 is 6.04 Å². The second kappa shape index (κ2) is 9.03. The summed E-state index contributed by atoms with van der Waals surface area (Å²) in [5.74, 6) is 0.947. The highest BCUT2D eigenvalue weighted by Crippen LogP contribution is 2.36. The van der Waals surface area contributed by atoms with Crippen LogP contribution in [0, 0.1) is 0 Å². The molecule has 2 atom stereocenters. The molecule has 1 heterocycles. The average molecular weight is 417 g/mol. The van der Waals surface area contributed by atoms with Gasteiger partial charge in [0.15, 0.2) is 5.78 Å². The Morgan fingerprint density at radius 2 is 1.22 bits per heavy atom. The van der Waals surface area contributed by atoms with Crippen molar-refractivity contribution >= 4 is 11.6 Å². The minimum absolute atomic E-state index is 0.0880. The Balaban J connectivity index is 1.64. The number of hydrogen-bond acceptors (Lipinski definition) is 3. The fourth-order valence-corrected chi connectivity index (χ4v) is 4.32. The zero-order valence-electron chi connectivity index (χ0n) is 17.7. The van der Waals surface area contributed by atoms with Crippen LogP contribution in [0.2, 0.25) is 0 Å². The van der Waals surface area contributed by atoms with Crippen molar-refractivity contribution in [3.05, 3.63) is 144 Å². The Morgan fingerprint density at radius 3 is 1.84 bits per heavy atom. The number of carbonyl (C=O) groups excluding carboxylic acids is 1. The largest absolute Gasteiger partial charge is 0.339 e. The van der Waals surface area contributed by atoms with Crippen LogP contribution in [0.25, 0.3) is 0 Å². The first-order chi connectivity index (χ1) is 15.8. The summed E-state index contributed by atoms with van der Waals surface area (Å²) in [6, 6.07) is 39.5. The predicted octanol–water partition coefficient (Wildman–Crippen LogP) is 5.94. The minimum Gasteiger partial charge on any atom is -0.339 e. The molecule has 0 saturated heterocycles. The van der Waals surface area contributed by atoms with E-state index >= 15 is 0 Å². The van der Waals surface area contributed by atoms with E-state index in [0.29, 0.717) is 12.1 Å². The zero-order valence-corrected chi connectivity index (χ0v) is 17.7. The van der Waals surface area contributed by atoms with Crippen molar-refractivity contribution in [1.82, 2.24) is 4.90 Å². The lowest BCUT2D eigenvalue weighted by atomic mass is 9.92. The van der Waals surface area contributed by atoms with Crippen molar-refractivity contribution in [2.75, 3.05) is 0 Å². The fourth-order valence-electron chi connectivity index (χ4n) is 4.32. The third-order valence-electron chi connectivity index (χ3n) is 5.86. The molecule has 1 aliphatic rings. The van der Waals surface area contributed by atoms with Crippen LogP contribution >= 0.6 is 0 Å². The molecule has 0 aromatic heterocycles. The number of rotatable bonds is 6. The van der Waals surface area contributed by atoms with E-state index in [1.165, 1.54) is 0 Å². The van der Waals surface area contributed by atoms with Crippen molar-refractivity contribution in [2.45, 2.75) is 18.6 Å². The van der Waals surface area contributed by atoms with Crippen molar-refractivity contribution in [1.29, 1.82) is 0 Å². The Hall–Kier alpha value is -3.98. The third-order valence-corrected chi connectivity index (χ3v) is 5.86. The smallest absolute Gasteiger partial charge is 0.187 e. The molecule has 0 amide bonds. The summed E-state index contributed by atoms with van der Waals surface area (Å²) < 4.78 is 0. The van der Waals surface area contributed by atoms with Crippen molar-refractivity contribution < 1.29 is 4.79 Å². The first kappa shape index (κ1) is 20.0. The van der Waals surface area contributed by atoms with Crippen LogP contribution in [0.5, 0.6) is 0 Å². The van der Waals surface area contributed by atoms with Crippen molar-refractivity contribution in [3.8, 4) is 0 Å². The molecule has 32 heavy (non-hydrogen) atoms. The van der Waals surface area contributed by atoms with Crippen LogP contribution in [0.1, 0.15) is 33.1 Å². The summed E-state index contributed by atoms with van der Waals surface area (Å²) in [4.78, 5) is 21.2. The molecule has 1 aliphatic heterocycles. The number of nitrogens with zero attached hydrogens (tertiary/aromatic N) is 2. The summed E-state index contributed by atoms with van der Waals surface area (Å²) in [6.07, 6.45) is 0. The van der Waals surface area contributed by atoms with E-state index in [-0.39, 0.29) is 11.8 Å². The van der Waals surface area contributed by atoms with Gasteiger partial charge >= 0.3 is 0 Å². The lowest BCUT2D eigenvalue weighted by Gasteiger charge is -2.30. The van der Waals surface area contributed by atoms with Crippen LogP contribution in [-0.2, 0) is 6.54 Å². The second-order valence-corrected chi connectivity index (χ2v) is 7.96. The first-order valence-corrected chi connectivity index (χ1v) is 10.9. The molecule has 0 fully saturated rings. The van der Waals surface area contributed by atoms with Crippen LogP contribution < -0.4 is 0 Å².